The fourth-order valence-corrected chi connectivity index (χ4v) is 4.00. The summed E-state index contributed by atoms with van der Waals surface area (Å²) in [7, 11) is 0. The van der Waals surface area contributed by atoms with E-state index in [-0.39, 0.29) is 29.9 Å². The minimum Gasteiger partial charge on any atom is -0.360 e. The number of thiocarbonyl (C=S) groups is 1. The van der Waals surface area contributed by atoms with Gasteiger partial charge >= 0.3 is 0 Å². The van der Waals surface area contributed by atoms with Crippen molar-refractivity contribution < 1.29 is 18.8 Å². The highest BCUT2D eigenvalue weighted by Crippen LogP contribution is 2.23. The topological polar surface area (TPSA) is 73.5 Å². The lowest BCUT2D eigenvalue weighted by atomic mass is 9.98. The Kier molecular flexibility index (Phi) is 5.34. The zero-order valence-electron chi connectivity index (χ0n) is 16.4. The van der Waals surface area contributed by atoms with E-state index in [1.165, 1.54) is 23.2 Å². The van der Waals surface area contributed by atoms with E-state index >= 15 is 0 Å². The van der Waals surface area contributed by atoms with Crippen molar-refractivity contribution in [3.8, 4) is 0 Å². The highest BCUT2D eigenvalue weighted by molar-refractivity contribution is 7.81. The zero-order valence-corrected chi connectivity index (χ0v) is 17.2. The molecule has 1 aliphatic carbocycles. The average Bonchev–Trinajstić information content (AvgIpc) is 3.19. The van der Waals surface area contributed by atoms with Crippen LogP contribution >= 0.6 is 12.2 Å². The van der Waals surface area contributed by atoms with Gasteiger partial charge in [-0.1, -0.05) is 29.9 Å². The summed E-state index contributed by atoms with van der Waals surface area (Å²) in [5.74, 6) is -2.16. The molecule has 2 heterocycles. The molecule has 0 bridgehead atoms. The van der Waals surface area contributed by atoms with Gasteiger partial charge in [0.25, 0.3) is 17.6 Å². The molecule has 1 aromatic carbocycles. The molecule has 4 rings (SSSR count). The van der Waals surface area contributed by atoms with Crippen LogP contribution in [0.1, 0.15) is 23.7 Å². The Morgan fingerprint density at radius 1 is 1.10 bits per heavy atom. The third kappa shape index (κ3) is 3.59. The number of H-pyrrole nitrogens is 1. The van der Waals surface area contributed by atoms with Gasteiger partial charge in [-0.3, -0.25) is 14.4 Å². The molecule has 1 saturated heterocycles. The Labute approximate surface area is 178 Å². The lowest BCUT2D eigenvalue weighted by Crippen LogP contribution is -2.52. The van der Waals surface area contributed by atoms with Gasteiger partial charge in [0.05, 0.1) is 11.1 Å². The Bertz CT molecular complexity index is 1140. The fraction of sp³-hybridized carbons (Fsp3) is 0.273. The van der Waals surface area contributed by atoms with Gasteiger partial charge in [0.2, 0.25) is 0 Å². The van der Waals surface area contributed by atoms with Crippen LogP contribution in [0.2, 0.25) is 0 Å². The molecular weight excluding hydrogens is 405 g/mol. The molecule has 2 aromatic rings. The third-order valence-electron chi connectivity index (χ3n) is 5.46. The summed E-state index contributed by atoms with van der Waals surface area (Å²) in [6.07, 6.45) is 5.71. The monoisotopic (exact) mass is 425 g/mol. The summed E-state index contributed by atoms with van der Waals surface area (Å²) in [6.45, 7) is 3.00. The summed E-state index contributed by atoms with van der Waals surface area (Å²) >= 11 is 5.32. The van der Waals surface area contributed by atoms with Gasteiger partial charge < -0.3 is 14.8 Å². The maximum Gasteiger partial charge on any atom is 0.295 e. The number of carbonyl (C=O) groups is 3. The van der Waals surface area contributed by atoms with Gasteiger partial charge in [0.1, 0.15) is 5.82 Å². The first-order chi connectivity index (χ1) is 14.4. The van der Waals surface area contributed by atoms with E-state index in [2.05, 4.69) is 4.98 Å². The van der Waals surface area contributed by atoms with Crippen molar-refractivity contribution >= 4 is 45.6 Å². The van der Waals surface area contributed by atoms with E-state index in [1.54, 1.807) is 17.0 Å². The number of halogens is 1. The molecule has 1 aromatic heterocycles. The van der Waals surface area contributed by atoms with Crippen LogP contribution in [-0.2, 0) is 9.59 Å². The Morgan fingerprint density at radius 2 is 1.80 bits per heavy atom. The van der Waals surface area contributed by atoms with Crippen LogP contribution in [0.3, 0.4) is 0 Å². The van der Waals surface area contributed by atoms with Crippen molar-refractivity contribution in [3.05, 3.63) is 59.1 Å². The molecule has 0 unspecified atom stereocenters. The first kappa shape index (κ1) is 20.2. The van der Waals surface area contributed by atoms with Gasteiger partial charge in [-0.2, -0.15) is 0 Å². The van der Waals surface area contributed by atoms with Crippen LogP contribution in [0.4, 0.5) is 4.39 Å². The van der Waals surface area contributed by atoms with Gasteiger partial charge in [0.15, 0.2) is 0 Å². The fourth-order valence-electron chi connectivity index (χ4n) is 3.77. The summed E-state index contributed by atoms with van der Waals surface area (Å²) in [5, 5.41) is 0.117. The van der Waals surface area contributed by atoms with E-state index in [1.807, 2.05) is 13.0 Å². The smallest absolute Gasteiger partial charge is 0.295 e. The van der Waals surface area contributed by atoms with E-state index in [0.717, 1.165) is 5.57 Å². The van der Waals surface area contributed by atoms with Crippen LogP contribution in [0.15, 0.2) is 47.7 Å². The van der Waals surface area contributed by atoms with Crippen molar-refractivity contribution in [1.82, 2.24) is 14.8 Å². The molecule has 0 saturated carbocycles. The molecule has 6 nitrogen and oxygen atoms in total. The molecular formula is C22H20FN3O3S. The highest BCUT2D eigenvalue weighted by Gasteiger charge is 2.31. The van der Waals surface area contributed by atoms with Gasteiger partial charge in [0, 0.05) is 54.6 Å². The minimum absolute atomic E-state index is 0.0200. The first-order valence-corrected chi connectivity index (χ1v) is 10.1. The summed E-state index contributed by atoms with van der Waals surface area (Å²) in [4.78, 5) is 44.8. The maximum absolute atomic E-state index is 14.2. The number of piperazine rings is 1. The molecule has 2 aliphatic rings. The summed E-state index contributed by atoms with van der Waals surface area (Å²) < 4.78 is 14.2. The van der Waals surface area contributed by atoms with Gasteiger partial charge in [-0.15, -0.1) is 0 Å². The van der Waals surface area contributed by atoms with Crippen LogP contribution in [0, 0.1) is 5.82 Å². The molecule has 154 valence electrons. The van der Waals surface area contributed by atoms with Gasteiger partial charge in [-0.05, 0) is 25.1 Å². The van der Waals surface area contributed by atoms with Crippen molar-refractivity contribution in [1.29, 1.82) is 0 Å². The predicted molar refractivity (Wildman–Crippen MR) is 115 cm³/mol. The molecule has 8 heteroatoms. The molecule has 30 heavy (non-hydrogen) atoms. The first-order valence-electron chi connectivity index (χ1n) is 9.67. The number of rotatable bonds is 3. The van der Waals surface area contributed by atoms with Crippen molar-refractivity contribution in [2.45, 2.75) is 13.3 Å². The quantitative estimate of drug-likeness (QED) is 0.466. The van der Waals surface area contributed by atoms with Crippen LogP contribution in [-0.4, -0.2) is 63.4 Å². The number of benzene rings is 1. The molecule has 1 aliphatic heterocycles. The third-order valence-corrected chi connectivity index (χ3v) is 5.85. The number of aromatic amines is 1. The second kappa shape index (κ2) is 7.95. The van der Waals surface area contributed by atoms with E-state index < -0.39 is 17.5 Å². The SMILES string of the molecule is CC1=CCC(=S)C(C(=O)N2CCN(C(=O)C(=O)c3c[nH]c4cccc(F)c34)CC2)=C1. The number of nitrogens with zero attached hydrogens (tertiary/aromatic N) is 2. The normalized spacial score (nSPS) is 17.1. The lowest BCUT2D eigenvalue weighted by molar-refractivity contribution is -0.134. The second-order valence-electron chi connectivity index (χ2n) is 7.41. The Balaban J connectivity index is 1.44. The number of hydrogen-bond acceptors (Lipinski definition) is 4. The Hall–Kier alpha value is -3.13. The number of allylic oxidation sites excluding steroid dienone is 3. The Morgan fingerprint density at radius 3 is 2.53 bits per heavy atom. The van der Waals surface area contributed by atoms with E-state index in [4.69, 9.17) is 12.2 Å². The summed E-state index contributed by atoms with van der Waals surface area (Å²) in [5.41, 5.74) is 2.00. The highest BCUT2D eigenvalue weighted by atomic mass is 32.1. The molecule has 1 fully saturated rings. The molecule has 1 N–H and O–H groups in total. The number of aromatic nitrogens is 1. The number of amides is 2. The molecule has 0 atom stereocenters. The van der Waals surface area contributed by atoms with Crippen molar-refractivity contribution in [2.24, 2.45) is 0 Å². The number of ketones is 1. The maximum atomic E-state index is 14.2. The summed E-state index contributed by atoms with van der Waals surface area (Å²) in [6, 6.07) is 4.43. The van der Waals surface area contributed by atoms with Crippen LogP contribution in [0.25, 0.3) is 10.9 Å². The minimum atomic E-state index is -0.761. The van der Waals surface area contributed by atoms with Crippen molar-refractivity contribution in [3.63, 3.8) is 0 Å². The van der Waals surface area contributed by atoms with E-state index in [0.29, 0.717) is 35.5 Å². The van der Waals surface area contributed by atoms with Crippen LogP contribution in [0.5, 0.6) is 0 Å². The number of nitrogens with one attached hydrogen (secondary N) is 1. The largest absolute Gasteiger partial charge is 0.360 e. The average molecular weight is 425 g/mol. The van der Waals surface area contributed by atoms with Crippen molar-refractivity contribution in [2.75, 3.05) is 26.2 Å². The lowest BCUT2D eigenvalue weighted by Gasteiger charge is -2.35. The van der Waals surface area contributed by atoms with Gasteiger partial charge in [-0.25, -0.2) is 4.39 Å². The second-order valence-corrected chi connectivity index (χ2v) is 7.90. The molecule has 0 radical (unpaired) electrons. The van der Waals surface area contributed by atoms with Crippen LogP contribution < -0.4 is 0 Å². The number of fused-ring (bicyclic) bond motifs is 1. The zero-order chi connectivity index (χ0) is 21.4. The number of Topliss-reactive ketones (excluding diaryl/α,β-unsaturated/α-hetero) is 1. The molecule has 2 amide bonds. The standard InChI is InChI=1S/C22H20FN3O3S/c1-13-5-6-18(30)14(11-13)21(28)25-7-9-26(10-8-25)22(29)20(27)15-12-24-17-4-2-3-16(23)19(15)17/h2-5,11-12,24H,6-10H2,1H3. The molecule has 0 spiro atoms. The van der Waals surface area contributed by atoms with E-state index in [9.17, 15) is 18.8 Å². The number of hydrogen-bond donors (Lipinski definition) is 1. The predicted octanol–water partition coefficient (Wildman–Crippen LogP) is 2.81. The number of carbonyl (C=O) groups excluding carboxylic acids is 3.